The molecule has 2 aliphatic rings. The van der Waals surface area contributed by atoms with Gasteiger partial charge >= 0.3 is 0 Å². The Kier molecular flexibility index (Phi) is 9.99. The average Bonchev–Trinajstić information content (AvgIpc) is 3.25. The van der Waals surface area contributed by atoms with E-state index in [1.807, 2.05) is 33.0 Å². The molecule has 1 unspecified atom stereocenters. The van der Waals surface area contributed by atoms with E-state index in [-0.39, 0.29) is 6.04 Å². The molecule has 184 valence electrons. The monoisotopic (exact) mass is 459 g/mol. The maximum absolute atomic E-state index is 12.5. The Morgan fingerprint density at radius 1 is 1.03 bits per heavy atom. The summed E-state index contributed by atoms with van der Waals surface area (Å²) < 4.78 is 0. The highest BCUT2D eigenvalue weighted by molar-refractivity contribution is 6.03. The third kappa shape index (κ3) is 6.20. The molecular weight excluding hydrogens is 414 g/mol. The lowest BCUT2D eigenvalue weighted by Crippen LogP contribution is -2.12. The molecule has 0 saturated heterocycles. The van der Waals surface area contributed by atoms with E-state index in [4.69, 9.17) is 0 Å². The second-order valence-electron chi connectivity index (χ2n) is 9.91. The van der Waals surface area contributed by atoms with Crippen molar-refractivity contribution in [2.75, 3.05) is 0 Å². The molecule has 4 rings (SSSR count). The third-order valence-electron chi connectivity index (χ3n) is 7.63. The number of rotatable bonds is 8. The molecule has 0 spiro atoms. The van der Waals surface area contributed by atoms with E-state index in [9.17, 15) is 4.79 Å². The molecule has 1 saturated carbocycles. The van der Waals surface area contributed by atoms with Crippen molar-refractivity contribution in [3.05, 3.63) is 70.4 Å². The van der Waals surface area contributed by atoms with Gasteiger partial charge in [-0.25, -0.2) is 0 Å². The van der Waals surface area contributed by atoms with E-state index in [1.54, 1.807) is 0 Å². The molecule has 0 amide bonds. The summed E-state index contributed by atoms with van der Waals surface area (Å²) in [4.78, 5) is 12.5. The number of benzene rings is 2. The molecule has 2 heteroatoms. The van der Waals surface area contributed by atoms with Crippen molar-refractivity contribution in [1.82, 2.24) is 5.32 Å². The topological polar surface area (TPSA) is 29.1 Å². The molecule has 0 bridgehead atoms. The fourth-order valence-corrected chi connectivity index (χ4v) is 5.71. The van der Waals surface area contributed by atoms with Crippen molar-refractivity contribution in [2.45, 2.75) is 105 Å². The van der Waals surface area contributed by atoms with Gasteiger partial charge in [0.15, 0.2) is 5.78 Å². The Labute approximate surface area is 208 Å². The molecule has 2 nitrogen and oxygen atoms in total. The van der Waals surface area contributed by atoms with Crippen LogP contribution in [0, 0.1) is 12.8 Å². The number of hydrogen-bond donors (Lipinski definition) is 1. The normalized spacial score (nSPS) is 16.8. The van der Waals surface area contributed by atoms with Gasteiger partial charge in [-0.1, -0.05) is 82.7 Å². The van der Waals surface area contributed by atoms with E-state index in [0.29, 0.717) is 12.2 Å². The molecule has 34 heavy (non-hydrogen) atoms. The molecule has 2 aromatic rings. The first-order valence-electron chi connectivity index (χ1n) is 13.7. The predicted octanol–water partition coefficient (Wildman–Crippen LogP) is 8.90. The van der Waals surface area contributed by atoms with Gasteiger partial charge in [0.2, 0.25) is 0 Å². The van der Waals surface area contributed by atoms with Crippen LogP contribution in [0.2, 0.25) is 0 Å². The SMILES string of the molecule is C/C=C\NC(C)c1ccc(C)c(-c2c(CCCC3CCCCC3)ccc3c2CCC3=O)c1.CC. The van der Waals surface area contributed by atoms with Gasteiger partial charge in [0, 0.05) is 18.0 Å². The Morgan fingerprint density at radius 2 is 1.79 bits per heavy atom. The van der Waals surface area contributed by atoms with Gasteiger partial charge in [0.05, 0.1) is 0 Å². The van der Waals surface area contributed by atoms with Gasteiger partial charge in [-0.3, -0.25) is 4.79 Å². The highest BCUT2D eigenvalue weighted by Gasteiger charge is 2.26. The number of ketones is 1. The minimum absolute atomic E-state index is 0.249. The van der Waals surface area contributed by atoms with Crippen molar-refractivity contribution in [3.8, 4) is 11.1 Å². The highest BCUT2D eigenvalue weighted by atomic mass is 16.1. The number of carbonyl (C=O) groups is 1. The number of fused-ring (bicyclic) bond motifs is 1. The Bertz CT molecular complexity index is 981. The highest BCUT2D eigenvalue weighted by Crippen LogP contribution is 2.39. The quantitative estimate of drug-likeness (QED) is 0.427. The van der Waals surface area contributed by atoms with E-state index >= 15 is 0 Å². The minimum atomic E-state index is 0.249. The predicted molar refractivity (Wildman–Crippen MR) is 146 cm³/mol. The molecule has 1 fully saturated rings. The standard InChI is InChI=1S/C30H39NO.C2H6/c1-4-19-31-22(3)25-14-13-21(2)28(20-25)30-24(12-8-11-23-9-6-5-7-10-23)15-16-26-27(30)17-18-29(26)32;1-2/h4,13-16,19-20,22-23,31H,5-12,17-18H2,1-3H3;1-2H3/b19-4-;. The number of nitrogens with one attached hydrogen (secondary N) is 1. The van der Waals surface area contributed by atoms with Crippen LogP contribution in [0.3, 0.4) is 0 Å². The lowest BCUT2D eigenvalue weighted by Gasteiger charge is -2.22. The molecule has 0 aromatic heterocycles. The van der Waals surface area contributed by atoms with Gasteiger partial charge in [-0.15, -0.1) is 0 Å². The summed E-state index contributed by atoms with van der Waals surface area (Å²) in [6.07, 6.45) is 16.4. The van der Waals surface area contributed by atoms with Crippen molar-refractivity contribution in [2.24, 2.45) is 5.92 Å². The summed E-state index contributed by atoms with van der Waals surface area (Å²) in [5.41, 5.74) is 8.95. The third-order valence-corrected chi connectivity index (χ3v) is 7.63. The average molecular weight is 460 g/mol. The van der Waals surface area contributed by atoms with Gasteiger partial charge in [0.1, 0.15) is 0 Å². The van der Waals surface area contributed by atoms with Crippen LogP contribution in [0.25, 0.3) is 11.1 Å². The van der Waals surface area contributed by atoms with Gasteiger partial charge in [-0.05, 0) is 91.6 Å². The second-order valence-corrected chi connectivity index (χ2v) is 9.91. The fraction of sp³-hybridized carbons (Fsp3) is 0.531. The zero-order valence-corrected chi connectivity index (χ0v) is 22.2. The summed E-state index contributed by atoms with van der Waals surface area (Å²) in [7, 11) is 0. The zero-order valence-electron chi connectivity index (χ0n) is 22.2. The van der Waals surface area contributed by atoms with E-state index < -0.39 is 0 Å². The van der Waals surface area contributed by atoms with Crippen molar-refractivity contribution in [3.63, 3.8) is 0 Å². The maximum Gasteiger partial charge on any atom is 0.163 e. The van der Waals surface area contributed by atoms with Crippen LogP contribution in [-0.2, 0) is 12.8 Å². The number of allylic oxidation sites excluding steroid dienone is 1. The lowest BCUT2D eigenvalue weighted by molar-refractivity contribution is 0.0994. The molecule has 1 N–H and O–H groups in total. The largest absolute Gasteiger partial charge is 0.385 e. The molecule has 1 atom stereocenters. The maximum atomic E-state index is 12.5. The molecule has 0 heterocycles. The minimum Gasteiger partial charge on any atom is -0.385 e. The van der Waals surface area contributed by atoms with Gasteiger partial charge in [-0.2, -0.15) is 0 Å². The van der Waals surface area contributed by atoms with Crippen LogP contribution in [0.5, 0.6) is 0 Å². The summed E-state index contributed by atoms with van der Waals surface area (Å²) in [5.74, 6) is 1.23. The van der Waals surface area contributed by atoms with Gasteiger partial charge in [0.25, 0.3) is 0 Å². The van der Waals surface area contributed by atoms with Crippen molar-refractivity contribution in [1.29, 1.82) is 0 Å². The van der Waals surface area contributed by atoms with Crippen molar-refractivity contribution >= 4 is 5.78 Å². The molecule has 2 aromatic carbocycles. The first-order chi connectivity index (χ1) is 16.6. The number of aryl methyl sites for hydroxylation is 2. The Hall–Kier alpha value is -2.35. The molecule has 2 aliphatic carbocycles. The van der Waals surface area contributed by atoms with Crippen LogP contribution >= 0.6 is 0 Å². The van der Waals surface area contributed by atoms with E-state index in [0.717, 1.165) is 24.3 Å². The Balaban J connectivity index is 0.00000158. The lowest BCUT2D eigenvalue weighted by atomic mass is 9.83. The van der Waals surface area contributed by atoms with E-state index in [2.05, 4.69) is 49.5 Å². The Morgan fingerprint density at radius 3 is 2.53 bits per heavy atom. The second kappa shape index (κ2) is 12.9. The number of carbonyl (C=O) groups excluding carboxylic acids is 1. The number of hydrogen-bond acceptors (Lipinski definition) is 2. The summed E-state index contributed by atoms with van der Waals surface area (Å²) in [6, 6.07) is 11.5. The molecular formula is C32H45NO. The summed E-state index contributed by atoms with van der Waals surface area (Å²) >= 11 is 0. The number of Topliss-reactive ketones (excluding diaryl/α,β-unsaturated/α-hetero) is 1. The zero-order chi connectivity index (χ0) is 24.5. The first kappa shape index (κ1) is 26.3. The molecule has 0 aliphatic heterocycles. The first-order valence-corrected chi connectivity index (χ1v) is 13.7. The van der Waals surface area contributed by atoms with Crippen LogP contribution in [0.15, 0.2) is 42.6 Å². The fourth-order valence-electron chi connectivity index (χ4n) is 5.71. The van der Waals surface area contributed by atoms with Crippen LogP contribution in [0.4, 0.5) is 0 Å². The van der Waals surface area contributed by atoms with Crippen molar-refractivity contribution < 1.29 is 4.79 Å². The summed E-state index contributed by atoms with van der Waals surface area (Å²) in [6.45, 7) is 10.5. The molecule has 0 radical (unpaired) electrons. The van der Waals surface area contributed by atoms with Crippen LogP contribution < -0.4 is 5.32 Å². The van der Waals surface area contributed by atoms with Gasteiger partial charge < -0.3 is 5.32 Å². The van der Waals surface area contributed by atoms with E-state index in [1.165, 1.54) is 78.3 Å². The smallest absolute Gasteiger partial charge is 0.163 e. The van der Waals surface area contributed by atoms with Crippen LogP contribution in [0.1, 0.15) is 118 Å². The van der Waals surface area contributed by atoms with Crippen LogP contribution in [-0.4, -0.2) is 5.78 Å². The summed E-state index contributed by atoms with van der Waals surface area (Å²) in [5, 5.41) is 3.46.